The van der Waals surface area contributed by atoms with Crippen molar-refractivity contribution < 1.29 is 32.0 Å². The Kier molecular flexibility index (Phi) is 4.85. The molecule has 0 fully saturated rings. The quantitative estimate of drug-likeness (QED) is 0.664. The molecule has 1 rings (SSSR count). The minimum atomic E-state index is -4.54. The number of halogens is 3. The van der Waals surface area contributed by atoms with Crippen LogP contribution in [0.4, 0.5) is 13.2 Å². The summed E-state index contributed by atoms with van der Waals surface area (Å²) < 4.78 is 44.5. The Balaban J connectivity index is 2.76. The van der Waals surface area contributed by atoms with Crippen LogP contribution in [0.25, 0.3) is 0 Å². The smallest absolute Gasteiger partial charge is 0.479 e. The van der Waals surface area contributed by atoms with Gasteiger partial charge < -0.3 is 14.0 Å². The van der Waals surface area contributed by atoms with Crippen LogP contribution >= 0.6 is 12.0 Å². The van der Waals surface area contributed by atoms with Crippen LogP contribution in [0.1, 0.15) is 10.4 Å². The van der Waals surface area contributed by atoms with E-state index in [1.807, 2.05) is 0 Å². The third-order valence-electron chi connectivity index (χ3n) is 1.78. The molecule has 100 valence electrons. The van der Waals surface area contributed by atoms with Crippen molar-refractivity contribution in [2.45, 2.75) is 5.51 Å². The van der Waals surface area contributed by atoms with Gasteiger partial charge in [-0.2, -0.15) is 13.2 Å². The Morgan fingerprint density at radius 1 is 1.44 bits per heavy atom. The van der Waals surface area contributed by atoms with E-state index in [0.29, 0.717) is 0 Å². The van der Waals surface area contributed by atoms with Crippen LogP contribution in [0, 0.1) is 0 Å². The molecule has 1 aromatic carbocycles. The number of alkyl halides is 3. The molecule has 0 radical (unpaired) electrons. The number of methoxy groups -OCH3 is 1. The largest absolute Gasteiger partial charge is 0.507 e. The van der Waals surface area contributed by atoms with Gasteiger partial charge in [-0.05, 0) is 12.1 Å². The number of aromatic hydroxyl groups is 1. The van der Waals surface area contributed by atoms with Gasteiger partial charge in [0, 0.05) is 13.2 Å². The van der Waals surface area contributed by atoms with E-state index in [-0.39, 0.29) is 17.9 Å². The molecule has 0 spiro atoms. The molecule has 0 saturated heterocycles. The second kappa shape index (κ2) is 5.96. The van der Waals surface area contributed by atoms with Crippen molar-refractivity contribution >= 4 is 17.8 Å². The molecule has 0 aliphatic heterocycles. The minimum absolute atomic E-state index is 0.0405. The van der Waals surface area contributed by atoms with Gasteiger partial charge in [-0.3, -0.25) is 4.79 Å². The topological polar surface area (TPSA) is 55.8 Å². The Morgan fingerprint density at radius 3 is 2.61 bits per heavy atom. The van der Waals surface area contributed by atoms with E-state index in [0.717, 1.165) is 12.1 Å². The lowest BCUT2D eigenvalue weighted by molar-refractivity contribution is -0.0369. The third-order valence-corrected chi connectivity index (χ3v) is 2.24. The Morgan fingerprint density at radius 2 is 2.11 bits per heavy atom. The highest BCUT2D eigenvalue weighted by Gasteiger charge is 2.31. The molecule has 0 saturated carbocycles. The minimum Gasteiger partial charge on any atom is -0.507 e. The van der Waals surface area contributed by atoms with Gasteiger partial charge in [0.15, 0.2) is 17.8 Å². The number of carbonyl (C=O) groups is 1. The normalized spacial score (nSPS) is 11.3. The highest BCUT2D eigenvalue weighted by Crippen LogP contribution is 2.34. The van der Waals surface area contributed by atoms with Gasteiger partial charge in [0.05, 0.1) is 5.56 Å². The van der Waals surface area contributed by atoms with Gasteiger partial charge in [0.25, 0.3) is 0 Å². The van der Waals surface area contributed by atoms with Gasteiger partial charge >= 0.3 is 5.51 Å². The number of Topliss-reactive ketones (excluding diaryl/α,β-unsaturated/α-hetero) is 1. The summed E-state index contributed by atoms with van der Waals surface area (Å²) in [7, 11) is 1.31. The fourth-order valence-corrected chi connectivity index (χ4v) is 1.40. The first-order valence-corrected chi connectivity index (χ1v) is 5.35. The molecule has 0 amide bonds. The number of phenols is 1. The summed E-state index contributed by atoms with van der Waals surface area (Å²) in [5.41, 5.74) is -4.58. The molecule has 8 heteroatoms. The Labute approximate surface area is 105 Å². The summed E-state index contributed by atoms with van der Waals surface area (Å²) in [6.45, 7) is -0.231. The molecule has 0 unspecified atom stereocenters. The lowest BCUT2D eigenvalue weighted by Crippen LogP contribution is -2.07. The molecule has 0 aliphatic rings. The van der Waals surface area contributed by atoms with E-state index >= 15 is 0 Å². The maximum Gasteiger partial charge on any atom is 0.479 e. The number of ketones is 1. The molecule has 4 nitrogen and oxygen atoms in total. The number of phenolic OH excluding ortho intramolecular Hbond substituents is 1. The van der Waals surface area contributed by atoms with Crippen molar-refractivity contribution in [2.24, 2.45) is 0 Å². The third kappa shape index (κ3) is 4.46. The molecule has 0 atom stereocenters. The van der Waals surface area contributed by atoms with Gasteiger partial charge in [0.2, 0.25) is 0 Å². The fraction of sp³-hybridized carbons (Fsp3) is 0.300. The van der Waals surface area contributed by atoms with Gasteiger partial charge in [0.1, 0.15) is 18.1 Å². The molecule has 0 heterocycles. The summed E-state index contributed by atoms with van der Waals surface area (Å²) in [6, 6.07) is 3.26. The monoisotopic (exact) mass is 282 g/mol. The maximum absolute atomic E-state index is 11.9. The average Bonchev–Trinajstić information content (AvgIpc) is 2.25. The second-order valence-electron chi connectivity index (χ2n) is 3.15. The van der Waals surface area contributed by atoms with Crippen LogP contribution in [0.5, 0.6) is 11.5 Å². The number of hydrogen-bond acceptors (Lipinski definition) is 5. The number of ether oxygens (including phenoxy) is 1. The van der Waals surface area contributed by atoms with Crippen LogP contribution in [0.2, 0.25) is 0 Å². The van der Waals surface area contributed by atoms with Crippen LogP contribution in [0.15, 0.2) is 18.2 Å². The highest BCUT2D eigenvalue weighted by molar-refractivity contribution is 7.95. The van der Waals surface area contributed by atoms with Gasteiger partial charge in [-0.15, -0.1) is 0 Å². The molecule has 1 N–H and O–H groups in total. The fourth-order valence-electron chi connectivity index (χ4n) is 1.10. The van der Waals surface area contributed by atoms with Crippen molar-refractivity contribution in [3.8, 4) is 11.5 Å². The van der Waals surface area contributed by atoms with Crippen LogP contribution < -0.4 is 4.18 Å². The first kappa shape index (κ1) is 14.7. The highest BCUT2D eigenvalue weighted by atomic mass is 32.2. The van der Waals surface area contributed by atoms with Crippen molar-refractivity contribution in [3.63, 3.8) is 0 Å². The lowest BCUT2D eigenvalue weighted by atomic mass is 10.1. The van der Waals surface area contributed by atoms with E-state index in [1.54, 1.807) is 0 Å². The van der Waals surface area contributed by atoms with E-state index < -0.39 is 29.1 Å². The summed E-state index contributed by atoms with van der Waals surface area (Å²) in [5, 5.41) is 9.47. The van der Waals surface area contributed by atoms with Crippen molar-refractivity contribution in [2.75, 3.05) is 13.7 Å². The van der Waals surface area contributed by atoms with Crippen molar-refractivity contribution in [1.29, 1.82) is 0 Å². The molecule has 18 heavy (non-hydrogen) atoms. The SMILES string of the molecule is COCC(=O)c1ccc(OSC(F)(F)F)cc1O. The summed E-state index contributed by atoms with van der Waals surface area (Å²) in [5.74, 6) is -1.15. The predicted molar refractivity (Wildman–Crippen MR) is 58.6 cm³/mol. The Hall–Kier alpha value is -1.41. The number of carbonyl (C=O) groups excluding carboxylic acids is 1. The number of hydrogen-bond donors (Lipinski definition) is 1. The standard InChI is InChI=1S/C10H9F3O4S/c1-16-5-9(15)7-3-2-6(4-8(7)14)17-18-10(11,12)13/h2-4,14H,5H2,1H3. The maximum atomic E-state index is 11.9. The van der Waals surface area contributed by atoms with E-state index in [2.05, 4.69) is 8.92 Å². The number of benzene rings is 1. The molecular formula is C10H9F3O4S. The first-order valence-electron chi connectivity index (χ1n) is 4.61. The van der Waals surface area contributed by atoms with Crippen LogP contribution in [0.3, 0.4) is 0 Å². The summed E-state index contributed by atoms with van der Waals surface area (Å²) in [4.78, 5) is 11.4. The zero-order valence-electron chi connectivity index (χ0n) is 9.15. The summed E-state index contributed by atoms with van der Waals surface area (Å²) >= 11 is -0.701. The van der Waals surface area contributed by atoms with Crippen molar-refractivity contribution in [1.82, 2.24) is 0 Å². The lowest BCUT2D eigenvalue weighted by Gasteiger charge is -2.08. The van der Waals surface area contributed by atoms with Gasteiger partial charge in [-0.1, -0.05) is 0 Å². The number of rotatable bonds is 5. The van der Waals surface area contributed by atoms with Gasteiger partial charge in [-0.25, -0.2) is 0 Å². The van der Waals surface area contributed by atoms with E-state index in [1.165, 1.54) is 13.2 Å². The molecular weight excluding hydrogens is 273 g/mol. The second-order valence-corrected chi connectivity index (χ2v) is 3.94. The first-order chi connectivity index (χ1) is 8.33. The molecule has 0 aliphatic carbocycles. The molecule has 0 bridgehead atoms. The van der Waals surface area contributed by atoms with Crippen LogP contribution in [-0.2, 0) is 4.74 Å². The van der Waals surface area contributed by atoms with Crippen LogP contribution in [-0.4, -0.2) is 30.1 Å². The van der Waals surface area contributed by atoms with Crippen molar-refractivity contribution in [3.05, 3.63) is 23.8 Å². The van der Waals surface area contributed by atoms with E-state index in [4.69, 9.17) is 0 Å². The van der Waals surface area contributed by atoms with E-state index in [9.17, 15) is 23.1 Å². The zero-order chi connectivity index (χ0) is 13.8. The zero-order valence-corrected chi connectivity index (χ0v) is 9.97. The molecule has 1 aromatic rings. The Bertz CT molecular complexity index is 434. The summed E-state index contributed by atoms with van der Waals surface area (Å²) in [6.07, 6.45) is 0. The predicted octanol–water partition coefficient (Wildman–Crippen LogP) is 2.77. The average molecular weight is 282 g/mol. The molecule has 0 aromatic heterocycles.